The molecule has 2 aromatic carbocycles. The summed E-state index contributed by atoms with van der Waals surface area (Å²) in [5.41, 5.74) is 1.80. The molecule has 0 amide bonds. The zero-order chi connectivity index (χ0) is 16.0. The van der Waals surface area contributed by atoms with Crippen LogP contribution in [0.15, 0.2) is 54.6 Å². The summed E-state index contributed by atoms with van der Waals surface area (Å²) in [6.07, 6.45) is 0. The van der Waals surface area contributed by atoms with Gasteiger partial charge in [-0.15, -0.1) is 0 Å². The van der Waals surface area contributed by atoms with Gasteiger partial charge in [0.05, 0.1) is 19.7 Å². The summed E-state index contributed by atoms with van der Waals surface area (Å²) >= 11 is 5.80. The number of carbonyl (C=O) groups excluding carboxylic acids is 1. The fourth-order valence-corrected chi connectivity index (χ4v) is 2.34. The topological polar surface area (TPSA) is 26.3 Å². The lowest BCUT2D eigenvalue weighted by Crippen LogP contribution is -3.00. The van der Waals surface area contributed by atoms with E-state index in [1.807, 2.05) is 18.2 Å². The molecule has 0 spiro atoms. The Morgan fingerprint density at radius 3 is 2.26 bits per heavy atom. The third-order valence-electron chi connectivity index (χ3n) is 3.46. The summed E-state index contributed by atoms with van der Waals surface area (Å²) < 4.78 is 6.11. The SMILES string of the molecule is C[N+](C)(CCOC(=O)c1ccc(Cl)cc1)Cc1ccccc1.[Cl-]. The van der Waals surface area contributed by atoms with Crippen LogP contribution in [-0.2, 0) is 11.3 Å². The van der Waals surface area contributed by atoms with E-state index in [0.29, 0.717) is 17.2 Å². The number of hydrogen-bond acceptors (Lipinski definition) is 2. The average molecular weight is 354 g/mol. The van der Waals surface area contributed by atoms with Crippen molar-refractivity contribution < 1.29 is 26.4 Å². The van der Waals surface area contributed by atoms with Gasteiger partial charge in [0, 0.05) is 10.6 Å². The first-order valence-electron chi connectivity index (χ1n) is 7.25. The molecule has 124 valence electrons. The maximum Gasteiger partial charge on any atom is 0.338 e. The second kappa shape index (κ2) is 8.92. The van der Waals surface area contributed by atoms with Crippen LogP contribution in [0.3, 0.4) is 0 Å². The van der Waals surface area contributed by atoms with Gasteiger partial charge in [-0.3, -0.25) is 0 Å². The van der Waals surface area contributed by atoms with Crippen molar-refractivity contribution >= 4 is 17.6 Å². The molecule has 0 atom stereocenters. The number of nitrogens with zero attached hydrogens (tertiary/aromatic N) is 1. The van der Waals surface area contributed by atoms with Gasteiger partial charge in [0.15, 0.2) is 0 Å². The van der Waals surface area contributed by atoms with Crippen LogP contribution in [0.4, 0.5) is 0 Å². The van der Waals surface area contributed by atoms with Gasteiger partial charge >= 0.3 is 5.97 Å². The number of ether oxygens (including phenoxy) is 1. The first-order valence-corrected chi connectivity index (χ1v) is 7.63. The molecule has 0 aliphatic carbocycles. The van der Waals surface area contributed by atoms with Crippen LogP contribution in [0.5, 0.6) is 0 Å². The van der Waals surface area contributed by atoms with E-state index < -0.39 is 0 Å². The van der Waals surface area contributed by atoms with Gasteiger partial charge in [-0.1, -0.05) is 41.9 Å². The summed E-state index contributed by atoms with van der Waals surface area (Å²) in [4.78, 5) is 11.9. The third-order valence-corrected chi connectivity index (χ3v) is 3.72. The molecule has 0 radical (unpaired) electrons. The van der Waals surface area contributed by atoms with E-state index in [9.17, 15) is 4.79 Å². The van der Waals surface area contributed by atoms with E-state index in [4.69, 9.17) is 16.3 Å². The van der Waals surface area contributed by atoms with Crippen molar-refractivity contribution in [3.8, 4) is 0 Å². The number of halogens is 2. The van der Waals surface area contributed by atoms with Crippen molar-refractivity contribution in [2.24, 2.45) is 0 Å². The molecule has 0 N–H and O–H groups in total. The minimum absolute atomic E-state index is 0. The van der Waals surface area contributed by atoms with Gasteiger partial charge in [0.1, 0.15) is 19.7 Å². The van der Waals surface area contributed by atoms with Gasteiger partial charge in [-0.05, 0) is 24.3 Å². The lowest BCUT2D eigenvalue weighted by molar-refractivity contribution is -0.903. The highest BCUT2D eigenvalue weighted by Crippen LogP contribution is 2.11. The Bertz CT molecular complexity index is 613. The molecule has 0 heterocycles. The van der Waals surface area contributed by atoms with Crippen LogP contribution >= 0.6 is 11.6 Å². The Morgan fingerprint density at radius 1 is 1.04 bits per heavy atom. The van der Waals surface area contributed by atoms with E-state index in [0.717, 1.165) is 17.6 Å². The molecule has 0 aliphatic rings. The van der Waals surface area contributed by atoms with Gasteiger partial charge in [-0.2, -0.15) is 0 Å². The highest BCUT2D eigenvalue weighted by Gasteiger charge is 2.17. The zero-order valence-electron chi connectivity index (χ0n) is 13.3. The van der Waals surface area contributed by atoms with Crippen molar-refractivity contribution in [2.45, 2.75) is 6.54 Å². The van der Waals surface area contributed by atoms with E-state index in [1.54, 1.807) is 24.3 Å². The molecule has 2 rings (SSSR count). The molecule has 0 saturated heterocycles. The minimum atomic E-state index is -0.309. The molecule has 0 fully saturated rings. The molecule has 0 aliphatic heterocycles. The number of rotatable bonds is 6. The molecule has 5 heteroatoms. The van der Waals surface area contributed by atoms with E-state index in [2.05, 4.69) is 26.2 Å². The number of hydrogen-bond donors (Lipinski definition) is 0. The predicted octanol–water partition coefficient (Wildman–Crippen LogP) is 0.777. The average Bonchev–Trinajstić information content (AvgIpc) is 2.48. The maximum absolute atomic E-state index is 11.9. The smallest absolute Gasteiger partial charge is 0.338 e. The van der Waals surface area contributed by atoms with E-state index in [-0.39, 0.29) is 18.4 Å². The Balaban J connectivity index is 0.00000264. The molecule has 0 unspecified atom stereocenters. The molecule has 0 bridgehead atoms. The molecule has 23 heavy (non-hydrogen) atoms. The summed E-state index contributed by atoms with van der Waals surface area (Å²) in [6.45, 7) is 2.05. The first kappa shape index (κ1) is 19.5. The van der Waals surface area contributed by atoms with Crippen LogP contribution in [0.2, 0.25) is 5.02 Å². The van der Waals surface area contributed by atoms with Gasteiger partial charge in [-0.25, -0.2) is 4.79 Å². The van der Waals surface area contributed by atoms with Crippen LogP contribution in [0, 0.1) is 0 Å². The van der Waals surface area contributed by atoms with Crippen LogP contribution < -0.4 is 12.4 Å². The van der Waals surface area contributed by atoms with Crippen molar-refractivity contribution in [3.63, 3.8) is 0 Å². The quantitative estimate of drug-likeness (QED) is 0.566. The number of likely N-dealkylation sites (N-methyl/N-ethyl adjacent to an activating group) is 1. The fraction of sp³-hybridized carbons (Fsp3) is 0.278. The molecular weight excluding hydrogens is 333 g/mol. The standard InChI is InChI=1S/C18H21ClNO2.ClH/c1-20(2,14-15-6-4-3-5-7-15)12-13-22-18(21)16-8-10-17(19)11-9-16;/h3-11H,12-14H2,1-2H3;1H/q+1;/p-1. The van der Waals surface area contributed by atoms with E-state index in [1.165, 1.54) is 5.56 Å². The normalized spacial score (nSPS) is 10.7. The Labute approximate surface area is 148 Å². The molecule has 0 saturated carbocycles. The molecule has 3 nitrogen and oxygen atoms in total. The minimum Gasteiger partial charge on any atom is -1.00 e. The van der Waals surface area contributed by atoms with E-state index >= 15 is 0 Å². The van der Waals surface area contributed by atoms with Gasteiger partial charge in [0.25, 0.3) is 0 Å². The van der Waals surface area contributed by atoms with Crippen LogP contribution in [0.1, 0.15) is 15.9 Å². The van der Waals surface area contributed by atoms with Gasteiger partial charge in [0.2, 0.25) is 0 Å². The van der Waals surface area contributed by atoms with Crippen molar-refractivity contribution in [2.75, 3.05) is 27.2 Å². The number of esters is 1. The number of quaternary nitrogens is 1. The van der Waals surface area contributed by atoms with Crippen molar-refractivity contribution in [1.29, 1.82) is 0 Å². The fourth-order valence-electron chi connectivity index (χ4n) is 2.21. The first-order chi connectivity index (χ1) is 10.5. The Morgan fingerprint density at radius 2 is 1.65 bits per heavy atom. The molecule has 0 aromatic heterocycles. The number of carbonyl (C=O) groups is 1. The summed E-state index contributed by atoms with van der Waals surface area (Å²) in [5, 5.41) is 0.609. The lowest BCUT2D eigenvalue weighted by atomic mass is 10.2. The number of benzene rings is 2. The second-order valence-corrected chi connectivity index (χ2v) is 6.38. The van der Waals surface area contributed by atoms with Crippen LogP contribution in [0.25, 0.3) is 0 Å². The lowest BCUT2D eigenvalue weighted by Gasteiger charge is -2.29. The van der Waals surface area contributed by atoms with Crippen molar-refractivity contribution in [3.05, 3.63) is 70.7 Å². The highest BCUT2D eigenvalue weighted by atomic mass is 35.5. The largest absolute Gasteiger partial charge is 1.00 e. The monoisotopic (exact) mass is 353 g/mol. The molecular formula is C18H21Cl2NO2. The Hall–Kier alpha value is -1.55. The second-order valence-electron chi connectivity index (χ2n) is 5.95. The predicted molar refractivity (Wildman–Crippen MR) is 88.9 cm³/mol. The van der Waals surface area contributed by atoms with Gasteiger partial charge < -0.3 is 21.6 Å². The van der Waals surface area contributed by atoms with Crippen LogP contribution in [-0.4, -0.2) is 37.7 Å². The Kier molecular flexibility index (Phi) is 7.56. The third kappa shape index (κ3) is 6.61. The summed E-state index contributed by atoms with van der Waals surface area (Å²) in [6, 6.07) is 17.0. The highest BCUT2D eigenvalue weighted by molar-refractivity contribution is 6.30. The summed E-state index contributed by atoms with van der Waals surface area (Å²) in [7, 11) is 4.26. The maximum atomic E-state index is 11.9. The summed E-state index contributed by atoms with van der Waals surface area (Å²) in [5.74, 6) is -0.309. The zero-order valence-corrected chi connectivity index (χ0v) is 14.8. The molecule has 2 aromatic rings. The van der Waals surface area contributed by atoms with Crippen molar-refractivity contribution in [1.82, 2.24) is 0 Å².